The minimum atomic E-state index is -0.792. The number of methoxy groups -OCH3 is 1. The molecule has 2 aromatic carbocycles. The molecule has 2 amide bonds. The van der Waals surface area contributed by atoms with Gasteiger partial charge in [0, 0.05) is 5.69 Å². The van der Waals surface area contributed by atoms with Crippen molar-refractivity contribution < 1.29 is 14.3 Å². The summed E-state index contributed by atoms with van der Waals surface area (Å²) < 4.78 is 6.56. The topological polar surface area (TPSA) is 102 Å². The number of nitrogens with zero attached hydrogens (tertiary/aromatic N) is 2. The molecule has 0 spiro atoms. The minimum Gasteiger partial charge on any atom is -0.495 e. The Morgan fingerprint density at radius 1 is 1.06 bits per heavy atom. The van der Waals surface area contributed by atoms with Gasteiger partial charge in [-0.15, -0.1) is 11.3 Å². The Kier molecular flexibility index (Phi) is 6.23. The molecule has 1 unspecified atom stereocenters. The fraction of sp³-hybridized carbons (Fsp3) is 0.167. The molecule has 168 valence electrons. The first-order valence-electron chi connectivity index (χ1n) is 10.2. The van der Waals surface area contributed by atoms with Gasteiger partial charge in [0.1, 0.15) is 16.6 Å². The van der Waals surface area contributed by atoms with Gasteiger partial charge in [0.2, 0.25) is 5.91 Å². The summed E-state index contributed by atoms with van der Waals surface area (Å²) in [7, 11) is 1.52. The molecule has 2 aromatic heterocycles. The molecule has 0 radical (unpaired) electrons. The summed E-state index contributed by atoms with van der Waals surface area (Å²) in [6, 6.07) is 15.3. The zero-order valence-electron chi connectivity index (χ0n) is 18.3. The lowest BCUT2D eigenvalue weighted by atomic mass is 10.2. The second-order valence-electron chi connectivity index (χ2n) is 7.38. The average molecular weight is 463 g/mol. The summed E-state index contributed by atoms with van der Waals surface area (Å²) in [6.45, 7) is 3.34. The van der Waals surface area contributed by atoms with Crippen LogP contribution >= 0.6 is 11.3 Å². The van der Waals surface area contributed by atoms with Crippen molar-refractivity contribution in [2.45, 2.75) is 19.9 Å². The number of carbonyl (C=O) groups excluding carboxylic acids is 2. The van der Waals surface area contributed by atoms with Gasteiger partial charge in [-0.05, 0) is 43.7 Å². The predicted molar refractivity (Wildman–Crippen MR) is 129 cm³/mol. The van der Waals surface area contributed by atoms with Gasteiger partial charge in [0.15, 0.2) is 0 Å². The van der Waals surface area contributed by atoms with E-state index in [1.807, 2.05) is 18.2 Å². The summed E-state index contributed by atoms with van der Waals surface area (Å²) >= 11 is 1.13. The first-order chi connectivity index (χ1) is 15.9. The molecule has 9 heteroatoms. The number of carbonyl (C=O) groups is 2. The van der Waals surface area contributed by atoms with E-state index in [1.54, 1.807) is 50.2 Å². The van der Waals surface area contributed by atoms with E-state index in [1.165, 1.54) is 18.0 Å². The minimum absolute atomic E-state index is 0.326. The lowest BCUT2D eigenvalue weighted by Crippen LogP contribution is -2.31. The molecule has 0 fully saturated rings. The van der Waals surface area contributed by atoms with E-state index in [4.69, 9.17) is 4.74 Å². The number of hydrogen-bond donors (Lipinski definition) is 2. The van der Waals surface area contributed by atoms with Crippen LogP contribution < -0.4 is 20.9 Å². The number of amides is 2. The fourth-order valence-electron chi connectivity index (χ4n) is 3.45. The summed E-state index contributed by atoms with van der Waals surface area (Å²) in [5, 5.41) is 5.95. The SMILES string of the molecule is COc1ccccc1NC(=O)c1sc2ncn(C(C)C(=O)Nc3ccccc3)c(=O)c2c1C. The second kappa shape index (κ2) is 9.25. The maximum absolute atomic E-state index is 13.2. The molecule has 1 atom stereocenters. The Morgan fingerprint density at radius 2 is 1.76 bits per heavy atom. The first kappa shape index (κ1) is 22.2. The van der Waals surface area contributed by atoms with Gasteiger partial charge < -0.3 is 15.4 Å². The number of benzene rings is 2. The molecule has 0 saturated heterocycles. The number of aromatic nitrogens is 2. The number of fused-ring (bicyclic) bond motifs is 1. The molecule has 0 aliphatic carbocycles. The normalized spacial score (nSPS) is 11.7. The lowest BCUT2D eigenvalue weighted by molar-refractivity contribution is -0.118. The maximum atomic E-state index is 13.2. The molecule has 2 heterocycles. The van der Waals surface area contributed by atoms with Gasteiger partial charge in [-0.25, -0.2) is 4.98 Å². The van der Waals surface area contributed by atoms with Crippen molar-refractivity contribution in [3.63, 3.8) is 0 Å². The third-order valence-corrected chi connectivity index (χ3v) is 6.47. The number of ether oxygens (including phenoxy) is 1. The molecular weight excluding hydrogens is 440 g/mol. The van der Waals surface area contributed by atoms with E-state index in [-0.39, 0.29) is 17.4 Å². The Balaban J connectivity index is 1.64. The monoisotopic (exact) mass is 462 g/mol. The molecule has 0 aliphatic heterocycles. The van der Waals surface area contributed by atoms with Gasteiger partial charge in [-0.3, -0.25) is 19.0 Å². The van der Waals surface area contributed by atoms with Crippen LogP contribution in [-0.2, 0) is 4.79 Å². The zero-order chi connectivity index (χ0) is 23.5. The quantitative estimate of drug-likeness (QED) is 0.447. The largest absolute Gasteiger partial charge is 0.495 e. The fourth-order valence-corrected chi connectivity index (χ4v) is 4.49. The van der Waals surface area contributed by atoms with E-state index in [2.05, 4.69) is 15.6 Å². The highest BCUT2D eigenvalue weighted by Gasteiger charge is 2.23. The summed E-state index contributed by atoms with van der Waals surface area (Å²) in [5.41, 5.74) is 1.31. The van der Waals surface area contributed by atoms with E-state index in [0.29, 0.717) is 37.8 Å². The predicted octanol–water partition coefficient (Wildman–Crippen LogP) is 4.23. The molecule has 0 saturated carbocycles. The smallest absolute Gasteiger partial charge is 0.266 e. The Bertz CT molecular complexity index is 1390. The molecule has 4 aromatic rings. The highest BCUT2D eigenvalue weighted by molar-refractivity contribution is 7.20. The highest BCUT2D eigenvalue weighted by atomic mass is 32.1. The van der Waals surface area contributed by atoms with Crippen LogP contribution in [0.4, 0.5) is 11.4 Å². The van der Waals surface area contributed by atoms with E-state index >= 15 is 0 Å². The van der Waals surface area contributed by atoms with Gasteiger partial charge in [-0.2, -0.15) is 0 Å². The number of hydrogen-bond acceptors (Lipinski definition) is 6. The number of nitrogens with one attached hydrogen (secondary N) is 2. The van der Waals surface area contributed by atoms with Crippen LogP contribution in [0.1, 0.15) is 28.2 Å². The number of anilines is 2. The Hall–Kier alpha value is -3.98. The van der Waals surface area contributed by atoms with Crippen molar-refractivity contribution in [2.75, 3.05) is 17.7 Å². The highest BCUT2D eigenvalue weighted by Crippen LogP contribution is 2.30. The van der Waals surface area contributed by atoms with Crippen LogP contribution in [0, 0.1) is 6.92 Å². The molecule has 4 rings (SSSR count). The molecule has 0 aliphatic rings. The molecule has 33 heavy (non-hydrogen) atoms. The van der Waals surface area contributed by atoms with Gasteiger partial charge in [0.05, 0.1) is 29.4 Å². The van der Waals surface area contributed by atoms with Gasteiger partial charge in [0.25, 0.3) is 11.5 Å². The third kappa shape index (κ3) is 4.35. The van der Waals surface area contributed by atoms with Gasteiger partial charge in [-0.1, -0.05) is 30.3 Å². The van der Waals surface area contributed by atoms with Crippen LogP contribution in [0.15, 0.2) is 65.7 Å². The van der Waals surface area contributed by atoms with Crippen LogP contribution in [0.5, 0.6) is 5.75 Å². The van der Waals surface area contributed by atoms with Crippen molar-refractivity contribution >= 4 is 44.7 Å². The number of aryl methyl sites for hydroxylation is 1. The molecule has 2 N–H and O–H groups in total. The molecule has 8 nitrogen and oxygen atoms in total. The van der Waals surface area contributed by atoms with Gasteiger partial charge >= 0.3 is 0 Å². The Labute approximate surface area is 193 Å². The summed E-state index contributed by atoms with van der Waals surface area (Å²) in [4.78, 5) is 44.1. The maximum Gasteiger partial charge on any atom is 0.266 e. The second-order valence-corrected chi connectivity index (χ2v) is 8.38. The van der Waals surface area contributed by atoms with Crippen molar-refractivity contribution in [2.24, 2.45) is 0 Å². The standard InChI is InChI=1S/C24H22N4O4S/c1-14-19-23(33-20(14)22(30)27-17-11-7-8-12-18(17)32-3)25-13-28(24(19)31)15(2)21(29)26-16-9-5-4-6-10-16/h4-13,15H,1-3H3,(H,26,29)(H,27,30). The van der Waals surface area contributed by atoms with Crippen molar-refractivity contribution in [1.29, 1.82) is 0 Å². The average Bonchev–Trinajstić information content (AvgIpc) is 3.17. The first-order valence-corrected chi connectivity index (χ1v) is 11.0. The van der Waals surface area contributed by atoms with E-state index in [0.717, 1.165) is 11.3 Å². The number of rotatable bonds is 6. The van der Waals surface area contributed by atoms with Crippen LogP contribution in [0.2, 0.25) is 0 Å². The van der Waals surface area contributed by atoms with Crippen molar-refractivity contribution in [1.82, 2.24) is 9.55 Å². The third-order valence-electron chi connectivity index (χ3n) is 5.28. The number of para-hydroxylation sites is 3. The molecule has 0 bridgehead atoms. The van der Waals surface area contributed by atoms with E-state index < -0.39 is 6.04 Å². The van der Waals surface area contributed by atoms with Crippen molar-refractivity contribution in [3.05, 3.63) is 81.7 Å². The van der Waals surface area contributed by atoms with Crippen LogP contribution in [-0.4, -0.2) is 28.5 Å². The zero-order valence-corrected chi connectivity index (χ0v) is 19.1. The summed E-state index contributed by atoms with van der Waals surface area (Å²) in [5.74, 6) is -0.171. The van der Waals surface area contributed by atoms with Crippen LogP contribution in [0.3, 0.4) is 0 Å². The molecular formula is C24H22N4O4S. The van der Waals surface area contributed by atoms with Crippen LogP contribution in [0.25, 0.3) is 10.2 Å². The van der Waals surface area contributed by atoms with E-state index in [9.17, 15) is 14.4 Å². The number of thiophene rings is 1. The Morgan fingerprint density at radius 3 is 2.48 bits per heavy atom. The summed E-state index contributed by atoms with van der Waals surface area (Å²) in [6.07, 6.45) is 1.34. The lowest BCUT2D eigenvalue weighted by Gasteiger charge is -2.15. The van der Waals surface area contributed by atoms with Crippen molar-refractivity contribution in [3.8, 4) is 5.75 Å².